The SMILES string of the molecule is CCCNC(=O)[C@@H](CC)N(Cc1c(Cl)cccc1Cl)C(=O)COc1ccccc1C(C)(C)C. The summed E-state index contributed by atoms with van der Waals surface area (Å²) >= 11 is 12.8. The Bertz CT molecular complexity index is 937. The van der Waals surface area contributed by atoms with Crippen LogP contribution in [0.4, 0.5) is 0 Å². The van der Waals surface area contributed by atoms with Gasteiger partial charge in [0.2, 0.25) is 5.91 Å². The zero-order chi connectivity index (χ0) is 24.6. The normalized spacial score (nSPS) is 12.2. The van der Waals surface area contributed by atoms with E-state index in [1.807, 2.05) is 38.1 Å². The van der Waals surface area contributed by atoms with Crippen molar-refractivity contribution in [3.8, 4) is 5.75 Å². The number of nitrogens with one attached hydrogen (secondary N) is 1. The quantitative estimate of drug-likeness (QED) is 0.442. The van der Waals surface area contributed by atoms with Crippen LogP contribution in [0.15, 0.2) is 42.5 Å². The molecule has 0 aliphatic carbocycles. The predicted molar refractivity (Wildman–Crippen MR) is 135 cm³/mol. The summed E-state index contributed by atoms with van der Waals surface area (Å²) < 4.78 is 5.97. The van der Waals surface area contributed by atoms with Crippen LogP contribution in [0.5, 0.6) is 5.75 Å². The van der Waals surface area contributed by atoms with Crippen molar-refractivity contribution in [3.05, 3.63) is 63.6 Å². The fraction of sp³-hybridized carbons (Fsp3) is 0.462. The van der Waals surface area contributed by atoms with Crippen molar-refractivity contribution in [1.82, 2.24) is 10.2 Å². The van der Waals surface area contributed by atoms with Crippen molar-refractivity contribution in [2.45, 2.75) is 65.5 Å². The largest absolute Gasteiger partial charge is 0.483 e. The number of nitrogens with zero attached hydrogens (tertiary/aromatic N) is 1. The van der Waals surface area contributed by atoms with Gasteiger partial charge in [0.15, 0.2) is 6.61 Å². The molecule has 1 atom stereocenters. The van der Waals surface area contributed by atoms with Crippen molar-refractivity contribution in [2.75, 3.05) is 13.2 Å². The summed E-state index contributed by atoms with van der Waals surface area (Å²) in [5, 5.41) is 3.79. The van der Waals surface area contributed by atoms with Gasteiger partial charge in [0, 0.05) is 28.7 Å². The van der Waals surface area contributed by atoms with Gasteiger partial charge in [-0.3, -0.25) is 9.59 Å². The average Bonchev–Trinajstić information content (AvgIpc) is 2.77. The number of ether oxygens (including phenoxy) is 1. The van der Waals surface area contributed by atoms with Gasteiger partial charge in [0.25, 0.3) is 5.91 Å². The maximum Gasteiger partial charge on any atom is 0.261 e. The third-order valence-electron chi connectivity index (χ3n) is 5.37. The van der Waals surface area contributed by atoms with Gasteiger partial charge in [-0.25, -0.2) is 0 Å². The molecule has 2 amide bonds. The van der Waals surface area contributed by atoms with E-state index < -0.39 is 6.04 Å². The van der Waals surface area contributed by atoms with E-state index in [2.05, 4.69) is 26.1 Å². The highest BCUT2D eigenvalue weighted by Gasteiger charge is 2.30. The van der Waals surface area contributed by atoms with Crippen molar-refractivity contribution < 1.29 is 14.3 Å². The Balaban J connectivity index is 2.32. The molecule has 0 unspecified atom stereocenters. The van der Waals surface area contributed by atoms with Gasteiger partial charge in [-0.15, -0.1) is 0 Å². The van der Waals surface area contributed by atoms with E-state index in [1.165, 1.54) is 4.90 Å². The predicted octanol–water partition coefficient (Wildman–Crippen LogP) is 6.00. The number of hydrogen-bond acceptors (Lipinski definition) is 3. The number of para-hydroxylation sites is 1. The number of rotatable bonds is 10. The van der Waals surface area contributed by atoms with Crippen LogP contribution < -0.4 is 10.1 Å². The molecule has 0 heterocycles. The molecular weight excluding hydrogens is 459 g/mol. The van der Waals surface area contributed by atoms with Crippen molar-refractivity contribution >= 4 is 35.0 Å². The number of amides is 2. The van der Waals surface area contributed by atoms with E-state index in [4.69, 9.17) is 27.9 Å². The van der Waals surface area contributed by atoms with Crippen LogP contribution in [0, 0.1) is 0 Å². The minimum Gasteiger partial charge on any atom is -0.483 e. The molecule has 2 rings (SSSR count). The van der Waals surface area contributed by atoms with Crippen molar-refractivity contribution in [3.63, 3.8) is 0 Å². The van der Waals surface area contributed by atoms with Gasteiger partial charge in [0.05, 0.1) is 0 Å². The number of benzene rings is 2. The molecular formula is C26H34Cl2N2O3. The summed E-state index contributed by atoms with van der Waals surface area (Å²) in [7, 11) is 0. The highest BCUT2D eigenvalue weighted by atomic mass is 35.5. The second-order valence-corrected chi connectivity index (χ2v) is 9.79. The lowest BCUT2D eigenvalue weighted by Crippen LogP contribution is -2.50. The first kappa shape index (κ1) is 27.0. The highest BCUT2D eigenvalue weighted by Crippen LogP contribution is 2.31. The lowest BCUT2D eigenvalue weighted by Gasteiger charge is -2.31. The maximum atomic E-state index is 13.4. The summed E-state index contributed by atoms with van der Waals surface area (Å²) in [4.78, 5) is 27.8. The monoisotopic (exact) mass is 492 g/mol. The molecule has 180 valence electrons. The van der Waals surface area contributed by atoms with E-state index in [-0.39, 0.29) is 30.4 Å². The first-order chi connectivity index (χ1) is 15.6. The maximum absolute atomic E-state index is 13.4. The Kier molecular flexibility index (Phi) is 10.1. The topological polar surface area (TPSA) is 58.6 Å². The molecule has 0 bridgehead atoms. The summed E-state index contributed by atoms with van der Waals surface area (Å²) in [6.45, 7) is 10.6. The Morgan fingerprint density at radius 3 is 2.24 bits per heavy atom. The molecule has 0 fully saturated rings. The third-order valence-corrected chi connectivity index (χ3v) is 6.08. The number of carbonyl (C=O) groups excluding carboxylic acids is 2. The van der Waals surface area contributed by atoms with Gasteiger partial charge < -0.3 is 15.0 Å². The zero-order valence-corrected chi connectivity index (χ0v) is 21.6. The van der Waals surface area contributed by atoms with Gasteiger partial charge in [-0.2, -0.15) is 0 Å². The van der Waals surface area contributed by atoms with Crippen molar-refractivity contribution in [1.29, 1.82) is 0 Å². The molecule has 0 aliphatic heterocycles. The zero-order valence-electron chi connectivity index (χ0n) is 20.1. The molecule has 0 saturated carbocycles. The van der Waals surface area contributed by atoms with E-state index in [1.54, 1.807) is 18.2 Å². The molecule has 0 aromatic heterocycles. The van der Waals surface area contributed by atoms with Gasteiger partial charge in [-0.1, -0.05) is 82.1 Å². The molecule has 1 N–H and O–H groups in total. The summed E-state index contributed by atoms with van der Waals surface area (Å²) in [6, 6.07) is 12.2. The molecule has 33 heavy (non-hydrogen) atoms. The first-order valence-electron chi connectivity index (χ1n) is 11.3. The second-order valence-electron chi connectivity index (χ2n) is 8.97. The van der Waals surface area contributed by atoms with E-state index in [0.717, 1.165) is 12.0 Å². The fourth-order valence-electron chi connectivity index (χ4n) is 3.57. The smallest absolute Gasteiger partial charge is 0.261 e. The number of halogens is 2. The van der Waals surface area contributed by atoms with Crippen LogP contribution in [0.1, 0.15) is 58.6 Å². The highest BCUT2D eigenvalue weighted by molar-refractivity contribution is 6.36. The molecule has 0 spiro atoms. The van der Waals surface area contributed by atoms with Gasteiger partial charge in [-0.05, 0) is 42.0 Å². The standard InChI is InChI=1S/C26H34Cl2N2O3/c1-6-15-29-25(32)22(7-2)30(16-18-20(27)12-10-13-21(18)28)24(31)17-33-23-14-9-8-11-19(23)26(3,4)5/h8-14,22H,6-7,15-17H2,1-5H3,(H,29,32)/t22-/m1/s1. The van der Waals surface area contributed by atoms with E-state index in [9.17, 15) is 9.59 Å². The number of carbonyl (C=O) groups is 2. The molecule has 2 aromatic carbocycles. The molecule has 5 nitrogen and oxygen atoms in total. The number of hydrogen-bond donors (Lipinski definition) is 1. The van der Waals surface area contributed by atoms with Crippen LogP contribution in [-0.4, -0.2) is 35.9 Å². The lowest BCUT2D eigenvalue weighted by molar-refractivity contribution is -0.143. The Morgan fingerprint density at radius 2 is 1.67 bits per heavy atom. The van der Waals surface area contributed by atoms with Crippen LogP contribution in [0.25, 0.3) is 0 Å². The molecule has 7 heteroatoms. The van der Waals surface area contributed by atoms with Crippen LogP contribution in [0.3, 0.4) is 0 Å². The Morgan fingerprint density at radius 1 is 1.03 bits per heavy atom. The van der Waals surface area contributed by atoms with E-state index in [0.29, 0.717) is 34.3 Å². The summed E-state index contributed by atoms with van der Waals surface area (Å²) in [5.41, 5.74) is 1.47. The minimum atomic E-state index is -0.669. The average molecular weight is 493 g/mol. The van der Waals surface area contributed by atoms with Crippen LogP contribution in [-0.2, 0) is 21.5 Å². The van der Waals surface area contributed by atoms with Gasteiger partial charge in [0.1, 0.15) is 11.8 Å². The fourth-order valence-corrected chi connectivity index (χ4v) is 4.09. The molecule has 0 aliphatic rings. The summed E-state index contributed by atoms with van der Waals surface area (Å²) in [6.07, 6.45) is 1.25. The van der Waals surface area contributed by atoms with Crippen LogP contribution >= 0.6 is 23.2 Å². The minimum absolute atomic E-state index is 0.111. The molecule has 0 radical (unpaired) electrons. The Hall–Kier alpha value is -2.24. The first-order valence-corrected chi connectivity index (χ1v) is 12.1. The van der Waals surface area contributed by atoms with Crippen molar-refractivity contribution in [2.24, 2.45) is 0 Å². The van der Waals surface area contributed by atoms with Crippen LogP contribution in [0.2, 0.25) is 10.0 Å². The van der Waals surface area contributed by atoms with Gasteiger partial charge >= 0.3 is 0 Å². The summed E-state index contributed by atoms with van der Waals surface area (Å²) in [5.74, 6) is 0.136. The molecule has 2 aromatic rings. The molecule has 0 saturated heterocycles. The lowest BCUT2D eigenvalue weighted by atomic mass is 9.86. The Labute approximate surface area is 207 Å². The third kappa shape index (κ3) is 7.38. The van der Waals surface area contributed by atoms with E-state index >= 15 is 0 Å². The second kappa shape index (κ2) is 12.3.